The highest BCUT2D eigenvalue weighted by Crippen LogP contribution is 2.24. The first-order chi connectivity index (χ1) is 9.08. The molecule has 104 valence electrons. The van der Waals surface area contributed by atoms with Crippen molar-refractivity contribution in [3.8, 4) is 0 Å². The van der Waals surface area contributed by atoms with Crippen LogP contribution >= 0.6 is 11.8 Å². The fraction of sp³-hybridized carbons (Fsp3) is 0.538. The van der Waals surface area contributed by atoms with Crippen LogP contribution in [0.3, 0.4) is 0 Å². The molecule has 0 amide bonds. The Morgan fingerprint density at radius 3 is 3.05 bits per heavy atom. The van der Waals surface area contributed by atoms with Gasteiger partial charge in [0.05, 0.1) is 11.0 Å². The van der Waals surface area contributed by atoms with Gasteiger partial charge in [0, 0.05) is 30.5 Å². The number of hydrogen-bond donors (Lipinski definition) is 1. The summed E-state index contributed by atoms with van der Waals surface area (Å²) in [5.41, 5.74) is 0.627. The van der Waals surface area contributed by atoms with Crippen LogP contribution in [0, 0.1) is 10.1 Å². The Hall–Kier alpha value is -1.11. The van der Waals surface area contributed by atoms with Gasteiger partial charge in [0.25, 0.3) is 5.69 Å². The Balaban J connectivity index is 2.00. The van der Waals surface area contributed by atoms with Crippen LogP contribution in [0.15, 0.2) is 24.3 Å². The maximum absolute atomic E-state index is 10.7. The van der Waals surface area contributed by atoms with E-state index in [1.165, 1.54) is 17.9 Å². The molecule has 6 heteroatoms. The molecule has 1 aliphatic heterocycles. The number of thioether (sulfide) groups is 1. The van der Waals surface area contributed by atoms with Crippen molar-refractivity contribution in [1.29, 1.82) is 0 Å². The van der Waals surface area contributed by atoms with Gasteiger partial charge in [-0.2, -0.15) is 11.8 Å². The molecule has 2 atom stereocenters. The molecule has 0 aromatic heterocycles. The molecule has 2 rings (SSSR count). The van der Waals surface area contributed by atoms with E-state index in [2.05, 4.69) is 4.90 Å². The SMILES string of the molecule is CN(C[C@@H](O)c1cccc([N+](=O)[O-])c1)[C@@H]1CCSC1. The van der Waals surface area contributed by atoms with Crippen LogP contribution in [0.5, 0.6) is 0 Å². The molecule has 0 saturated carbocycles. The quantitative estimate of drug-likeness (QED) is 0.661. The lowest BCUT2D eigenvalue weighted by Gasteiger charge is -2.26. The molecule has 1 fully saturated rings. The van der Waals surface area contributed by atoms with Gasteiger partial charge in [-0.15, -0.1) is 0 Å². The van der Waals surface area contributed by atoms with E-state index >= 15 is 0 Å². The molecular formula is C13H18N2O3S. The zero-order valence-corrected chi connectivity index (χ0v) is 11.7. The number of rotatable bonds is 5. The average Bonchev–Trinajstić information content (AvgIpc) is 2.92. The number of benzene rings is 1. The van der Waals surface area contributed by atoms with Crippen molar-refractivity contribution in [3.05, 3.63) is 39.9 Å². The van der Waals surface area contributed by atoms with Crippen molar-refractivity contribution < 1.29 is 10.0 Å². The molecule has 1 aliphatic rings. The molecule has 1 saturated heterocycles. The van der Waals surface area contributed by atoms with E-state index in [-0.39, 0.29) is 5.69 Å². The maximum atomic E-state index is 10.7. The molecule has 5 nitrogen and oxygen atoms in total. The van der Waals surface area contributed by atoms with Gasteiger partial charge in [0.2, 0.25) is 0 Å². The molecular weight excluding hydrogens is 264 g/mol. The molecule has 1 aromatic carbocycles. The van der Waals surface area contributed by atoms with Crippen LogP contribution in [-0.4, -0.2) is 46.1 Å². The number of aliphatic hydroxyl groups excluding tert-OH is 1. The molecule has 0 spiro atoms. The first-order valence-electron chi connectivity index (χ1n) is 6.28. The van der Waals surface area contributed by atoms with Crippen LogP contribution < -0.4 is 0 Å². The van der Waals surface area contributed by atoms with Crippen LogP contribution in [-0.2, 0) is 0 Å². The van der Waals surface area contributed by atoms with E-state index < -0.39 is 11.0 Å². The lowest BCUT2D eigenvalue weighted by molar-refractivity contribution is -0.385. The third-order valence-electron chi connectivity index (χ3n) is 3.46. The molecule has 0 aliphatic carbocycles. The van der Waals surface area contributed by atoms with Crippen molar-refractivity contribution in [3.63, 3.8) is 0 Å². The third-order valence-corrected chi connectivity index (χ3v) is 4.60. The van der Waals surface area contributed by atoms with E-state index in [9.17, 15) is 15.2 Å². The summed E-state index contributed by atoms with van der Waals surface area (Å²) >= 11 is 1.93. The summed E-state index contributed by atoms with van der Waals surface area (Å²) in [7, 11) is 2.00. The van der Waals surface area contributed by atoms with Gasteiger partial charge < -0.3 is 5.11 Å². The number of nitro groups is 1. The lowest BCUT2D eigenvalue weighted by atomic mass is 10.1. The second-order valence-electron chi connectivity index (χ2n) is 4.82. The van der Waals surface area contributed by atoms with Gasteiger partial charge in [-0.3, -0.25) is 15.0 Å². The van der Waals surface area contributed by atoms with Crippen LogP contribution in [0.1, 0.15) is 18.1 Å². The highest BCUT2D eigenvalue weighted by molar-refractivity contribution is 7.99. The Morgan fingerprint density at radius 2 is 2.42 bits per heavy atom. The Morgan fingerprint density at radius 1 is 1.63 bits per heavy atom. The van der Waals surface area contributed by atoms with Crippen molar-refractivity contribution in [1.82, 2.24) is 4.90 Å². The first kappa shape index (κ1) is 14.3. The van der Waals surface area contributed by atoms with Gasteiger partial charge in [-0.05, 0) is 24.8 Å². The van der Waals surface area contributed by atoms with Crippen molar-refractivity contribution in [2.24, 2.45) is 0 Å². The van der Waals surface area contributed by atoms with Gasteiger partial charge in [-0.25, -0.2) is 0 Å². The second kappa shape index (κ2) is 6.36. The number of aliphatic hydroxyl groups is 1. The van der Waals surface area contributed by atoms with E-state index in [4.69, 9.17) is 0 Å². The minimum atomic E-state index is -0.685. The topological polar surface area (TPSA) is 66.6 Å². The van der Waals surface area contributed by atoms with E-state index in [0.717, 1.165) is 12.2 Å². The summed E-state index contributed by atoms with van der Waals surface area (Å²) < 4.78 is 0. The fourth-order valence-electron chi connectivity index (χ4n) is 2.24. The first-order valence-corrected chi connectivity index (χ1v) is 7.44. The minimum absolute atomic E-state index is 0.0237. The normalized spacial score (nSPS) is 20.7. The number of nitro benzene ring substituents is 1. The molecule has 0 unspecified atom stereocenters. The Labute approximate surface area is 116 Å². The highest BCUT2D eigenvalue weighted by atomic mass is 32.2. The van der Waals surface area contributed by atoms with Gasteiger partial charge in [-0.1, -0.05) is 12.1 Å². The summed E-state index contributed by atoms with van der Waals surface area (Å²) in [6.45, 7) is 0.506. The summed E-state index contributed by atoms with van der Waals surface area (Å²) in [5, 5.41) is 20.9. The van der Waals surface area contributed by atoms with Gasteiger partial charge >= 0.3 is 0 Å². The molecule has 0 bridgehead atoms. The summed E-state index contributed by atoms with van der Waals surface area (Å²) in [6, 6.07) is 6.73. The zero-order chi connectivity index (χ0) is 13.8. The summed E-state index contributed by atoms with van der Waals surface area (Å²) in [5.74, 6) is 2.26. The van der Waals surface area contributed by atoms with Crippen molar-refractivity contribution in [2.45, 2.75) is 18.6 Å². The summed E-state index contributed by atoms with van der Waals surface area (Å²) in [4.78, 5) is 12.4. The Bertz CT molecular complexity index is 449. The van der Waals surface area contributed by atoms with E-state index in [1.54, 1.807) is 12.1 Å². The highest BCUT2D eigenvalue weighted by Gasteiger charge is 2.22. The number of hydrogen-bond acceptors (Lipinski definition) is 5. The van der Waals surface area contributed by atoms with Crippen LogP contribution in [0.2, 0.25) is 0 Å². The number of nitrogens with zero attached hydrogens (tertiary/aromatic N) is 2. The van der Waals surface area contributed by atoms with E-state index in [0.29, 0.717) is 18.2 Å². The molecule has 0 radical (unpaired) electrons. The molecule has 1 N–H and O–H groups in total. The zero-order valence-electron chi connectivity index (χ0n) is 10.9. The molecule has 1 aromatic rings. The molecule has 1 heterocycles. The predicted octanol–water partition coefficient (Wildman–Crippen LogP) is 2.07. The van der Waals surface area contributed by atoms with Crippen LogP contribution in [0.4, 0.5) is 5.69 Å². The van der Waals surface area contributed by atoms with Gasteiger partial charge in [0.1, 0.15) is 0 Å². The predicted molar refractivity (Wildman–Crippen MR) is 76.4 cm³/mol. The van der Waals surface area contributed by atoms with E-state index in [1.807, 2.05) is 18.8 Å². The minimum Gasteiger partial charge on any atom is -0.387 e. The second-order valence-corrected chi connectivity index (χ2v) is 5.97. The largest absolute Gasteiger partial charge is 0.387 e. The summed E-state index contributed by atoms with van der Waals surface area (Å²) in [6.07, 6.45) is 0.457. The van der Waals surface area contributed by atoms with Crippen molar-refractivity contribution in [2.75, 3.05) is 25.1 Å². The standard InChI is InChI=1S/C13H18N2O3S/c1-14(12-5-6-19-9-12)8-13(16)10-3-2-4-11(7-10)15(17)18/h2-4,7,12-13,16H,5-6,8-9H2,1H3/t12-,13-/m1/s1. The molecule has 19 heavy (non-hydrogen) atoms. The fourth-order valence-corrected chi connectivity index (χ4v) is 3.54. The average molecular weight is 282 g/mol. The monoisotopic (exact) mass is 282 g/mol. The van der Waals surface area contributed by atoms with Crippen molar-refractivity contribution >= 4 is 17.4 Å². The number of non-ortho nitro benzene ring substituents is 1. The number of likely N-dealkylation sites (N-methyl/N-ethyl adjacent to an activating group) is 1. The van der Waals surface area contributed by atoms with Gasteiger partial charge in [0.15, 0.2) is 0 Å². The Kier molecular flexibility index (Phi) is 4.79. The van der Waals surface area contributed by atoms with Crippen LogP contribution in [0.25, 0.3) is 0 Å². The maximum Gasteiger partial charge on any atom is 0.269 e. The smallest absolute Gasteiger partial charge is 0.269 e. The third kappa shape index (κ3) is 3.68. The lowest BCUT2D eigenvalue weighted by Crippen LogP contribution is -2.34.